The predicted octanol–water partition coefficient (Wildman–Crippen LogP) is 10.7. The standard InChI is InChI=1S/C42H27N3O2/c46-38-20-9-7-17-33(38)42-44-40-31(18-11-19-37(40)45(42)30-14-5-2-6-15-30)29-24-34-32-16-8-10-21-39(32)47-41(34)35(25-29)36-26-28(22-23-43-36)27-12-3-1-4-13-27/h1-26,46H. The third-order valence-corrected chi connectivity index (χ3v) is 8.78. The van der Waals surface area contributed by atoms with Gasteiger partial charge in [0.15, 0.2) is 0 Å². The van der Waals surface area contributed by atoms with E-state index in [0.29, 0.717) is 11.4 Å². The van der Waals surface area contributed by atoms with Crippen molar-refractivity contribution in [2.24, 2.45) is 0 Å². The summed E-state index contributed by atoms with van der Waals surface area (Å²) >= 11 is 0. The molecule has 0 aliphatic heterocycles. The fourth-order valence-corrected chi connectivity index (χ4v) is 6.57. The summed E-state index contributed by atoms with van der Waals surface area (Å²) in [6.45, 7) is 0. The number of fused-ring (bicyclic) bond motifs is 4. The molecule has 0 saturated heterocycles. The third kappa shape index (κ3) is 4.48. The molecule has 0 radical (unpaired) electrons. The average molecular weight is 606 g/mol. The van der Waals surface area contributed by atoms with Gasteiger partial charge in [0.05, 0.1) is 22.3 Å². The average Bonchev–Trinajstić information content (AvgIpc) is 3.71. The first-order valence-corrected chi connectivity index (χ1v) is 15.6. The Morgan fingerprint density at radius 1 is 0.553 bits per heavy atom. The maximum atomic E-state index is 10.9. The van der Waals surface area contributed by atoms with Crippen molar-refractivity contribution in [3.63, 3.8) is 0 Å². The number of pyridine rings is 1. The molecule has 222 valence electrons. The lowest BCUT2D eigenvalue weighted by Gasteiger charge is -2.11. The summed E-state index contributed by atoms with van der Waals surface area (Å²) in [7, 11) is 0. The van der Waals surface area contributed by atoms with E-state index in [1.54, 1.807) is 6.07 Å². The van der Waals surface area contributed by atoms with Crippen molar-refractivity contribution in [3.8, 4) is 56.3 Å². The normalized spacial score (nSPS) is 11.5. The molecule has 0 aliphatic rings. The minimum absolute atomic E-state index is 0.180. The van der Waals surface area contributed by atoms with E-state index < -0.39 is 0 Å². The highest BCUT2D eigenvalue weighted by Crippen LogP contribution is 2.42. The molecule has 6 aromatic carbocycles. The molecule has 0 atom stereocenters. The first-order chi connectivity index (χ1) is 23.2. The highest BCUT2D eigenvalue weighted by Gasteiger charge is 2.22. The topological polar surface area (TPSA) is 64.1 Å². The van der Waals surface area contributed by atoms with Crippen LogP contribution in [-0.4, -0.2) is 19.6 Å². The molecule has 9 rings (SSSR count). The van der Waals surface area contributed by atoms with Gasteiger partial charge in [0.1, 0.15) is 22.7 Å². The van der Waals surface area contributed by atoms with Gasteiger partial charge in [-0.1, -0.05) is 91.0 Å². The second-order valence-electron chi connectivity index (χ2n) is 11.6. The quantitative estimate of drug-likeness (QED) is 0.212. The van der Waals surface area contributed by atoms with E-state index in [1.165, 1.54) is 0 Å². The number of hydrogen-bond donors (Lipinski definition) is 1. The van der Waals surface area contributed by atoms with Crippen molar-refractivity contribution in [1.82, 2.24) is 14.5 Å². The summed E-state index contributed by atoms with van der Waals surface area (Å²) in [5, 5.41) is 13.0. The van der Waals surface area contributed by atoms with Crippen molar-refractivity contribution in [2.75, 3.05) is 0 Å². The number of phenolic OH excluding ortho intramolecular Hbond substituents is 1. The number of benzene rings is 6. The molecule has 9 aromatic rings. The molecule has 5 heteroatoms. The van der Waals surface area contributed by atoms with Crippen molar-refractivity contribution < 1.29 is 9.52 Å². The van der Waals surface area contributed by atoms with Gasteiger partial charge in [-0.2, -0.15) is 0 Å². The number of nitrogens with zero attached hydrogens (tertiary/aromatic N) is 3. The molecular weight excluding hydrogens is 578 g/mol. The van der Waals surface area contributed by atoms with Crippen molar-refractivity contribution in [3.05, 3.63) is 158 Å². The lowest BCUT2D eigenvalue weighted by Crippen LogP contribution is -1.97. The Kier molecular flexibility index (Phi) is 6.22. The Labute approximate surface area is 270 Å². The number of aromatic nitrogens is 3. The molecule has 1 N–H and O–H groups in total. The fourth-order valence-electron chi connectivity index (χ4n) is 6.57. The summed E-state index contributed by atoms with van der Waals surface area (Å²) in [6.07, 6.45) is 1.86. The highest BCUT2D eigenvalue weighted by molar-refractivity contribution is 6.12. The Hall–Kier alpha value is -6.46. The molecule has 0 bridgehead atoms. The van der Waals surface area contributed by atoms with Gasteiger partial charge in [-0.25, -0.2) is 4.98 Å². The lowest BCUT2D eigenvalue weighted by atomic mass is 9.96. The molecule has 0 unspecified atom stereocenters. The largest absolute Gasteiger partial charge is 0.507 e. The zero-order valence-electron chi connectivity index (χ0n) is 25.2. The van der Waals surface area contributed by atoms with Crippen LogP contribution in [0.2, 0.25) is 0 Å². The predicted molar refractivity (Wildman–Crippen MR) is 190 cm³/mol. The van der Waals surface area contributed by atoms with Crippen LogP contribution in [0.5, 0.6) is 5.75 Å². The Morgan fingerprint density at radius 3 is 2.15 bits per heavy atom. The summed E-state index contributed by atoms with van der Waals surface area (Å²) < 4.78 is 8.64. The van der Waals surface area contributed by atoms with Gasteiger partial charge < -0.3 is 9.52 Å². The number of para-hydroxylation sites is 4. The third-order valence-electron chi connectivity index (χ3n) is 8.78. The SMILES string of the molecule is Oc1ccccc1-c1nc2c(-c3cc(-c4cc(-c5ccccc5)ccn4)c4oc5ccccc5c4c3)cccc2n1-c1ccccc1. The van der Waals surface area contributed by atoms with Gasteiger partial charge in [-0.3, -0.25) is 9.55 Å². The van der Waals surface area contributed by atoms with Crippen LogP contribution < -0.4 is 0 Å². The Morgan fingerprint density at radius 2 is 1.30 bits per heavy atom. The first kappa shape index (κ1) is 26.9. The van der Waals surface area contributed by atoms with Crippen LogP contribution in [-0.2, 0) is 0 Å². The van der Waals surface area contributed by atoms with Crippen LogP contribution in [0, 0.1) is 0 Å². The fraction of sp³-hybridized carbons (Fsp3) is 0. The maximum Gasteiger partial charge on any atom is 0.149 e. The van der Waals surface area contributed by atoms with E-state index in [0.717, 1.165) is 72.2 Å². The van der Waals surface area contributed by atoms with Gasteiger partial charge in [0.2, 0.25) is 0 Å². The molecule has 47 heavy (non-hydrogen) atoms. The number of phenols is 1. The molecule has 0 aliphatic carbocycles. The van der Waals surface area contributed by atoms with Crippen molar-refractivity contribution in [1.29, 1.82) is 0 Å². The van der Waals surface area contributed by atoms with Crippen LogP contribution in [0.4, 0.5) is 0 Å². The van der Waals surface area contributed by atoms with Gasteiger partial charge in [0.25, 0.3) is 0 Å². The van der Waals surface area contributed by atoms with E-state index in [-0.39, 0.29) is 5.75 Å². The molecule has 0 saturated carbocycles. The zero-order chi connectivity index (χ0) is 31.3. The van der Waals surface area contributed by atoms with E-state index >= 15 is 0 Å². The van der Waals surface area contributed by atoms with E-state index in [9.17, 15) is 5.11 Å². The molecule has 3 aromatic heterocycles. The summed E-state index contributed by atoms with van der Waals surface area (Å²) in [4.78, 5) is 10.1. The van der Waals surface area contributed by atoms with Gasteiger partial charge in [-0.15, -0.1) is 0 Å². The number of hydrogen-bond acceptors (Lipinski definition) is 4. The Balaban J connectivity index is 1.33. The number of rotatable bonds is 5. The van der Waals surface area contributed by atoms with Crippen LogP contribution >= 0.6 is 0 Å². The van der Waals surface area contributed by atoms with Crippen LogP contribution in [0.1, 0.15) is 0 Å². The van der Waals surface area contributed by atoms with Crippen LogP contribution in [0.15, 0.2) is 162 Å². The zero-order valence-corrected chi connectivity index (χ0v) is 25.2. The molecule has 0 spiro atoms. The minimum atomic E-state index is 0.180. The first-order valence-electron chi connectivity index (χ1n) is 15.6. The van der Waals surface area contributed by atoms with E-state index in [2.05, 4.69) is 71.3 Å². The van der Waals surface area contributed by atoms with Gasteiger partial charge in [0, 0.05) is 33.8 Å². The second kappa shape index (κ2) is 10.9. The van der Waals surface area contributed by atoms with E-state index in [4.69, 9.17) is 14.4 Å². The highest BCUT2D eigenvalue weighted by atomic mass is 16.3. The molecule has 0 fully saturated rings. The number of aromatic hydroxyl groups is 1. The number of imidazole rings is 1. The molecule has 5 nitrogen and oxygen atoms in total. The van der Waals surface area contributed by atoms with Crippen molar-refractivity contribution >= 4 is 33.0 Å². The Bertz CT molecular complexity index is 2580. The number of furan rings is 1. The van der Waals surface area contributed by atoms with Gasteiger partial charge in [-0.05, 0) is 77.4 Å². The second-order valence-corrected chi connectivity index (χ2v) is 11.6. The molecular formula is C42H27N3O2. The summed E-state index contributed by atoms with van der Waals surface area (Å²) in [5.41, 5.74) is 10.9. The smallest absolute Gasteiger partial charge is 0.149 e. The summed E-state index contributed by atoms with van der Waals surface area (Å²) in [5.74, 6) is 0.850. The van der Waals surface area contributed by atoms with Gasteiger partial charge >= 0.3 is 0 Å². The van der Waals surface area contributed by atoms with Crippen LogP contribution in [0.25, 0.3) is 83.6 Å². The van der Waals surface area contributed by atoms with Crippen molar-refractivity contribution in [2.45, 2.75) is 0 Å². The maximum absolute atomic E-state index is 10.9. The molecule has 3 heterocycles. The monoisotopic (exact) mass is 605 g/mol. The minimum Gasteiger partial charge on any atom is -0.507 e. The van der Waals surface area contributed by atoms with E-state index in [1.807, 2.05) is 85.1 Å². The summed E-state index contributed by atoms with van der Waals surface area (Å²) in [6, 6.07) is 50.8. The molecule has 0 amide bonds. The van der Waals surface area contributed by atoms with Crippen LogP contribution in [0.3, 0.4) is 0 Å². The lowest BCUT2D eigenvalue weighted by molar-refractivity contribution is 0.477.